The minimum Gasteiger partial charge on any atom is -0.478 e. The maximum absolute atomic E-state index is 11.0. The molecule has 2 N–H and O–H groups in total. The van der Waals surface area contributed by atoms with Crippen LogP contribution in [0, 0.1) is 0 Å². The zero-order valence-corrected chi connectivity index (χ0v) is 11.7. The molecule has 0 aliphatic heterocycles. The Bertz CT molecular complexity index is 997. The number of aromatic nitrogens is 1. The number of nitrogens with one attached hydrogen (secondary N) is 1. The van der Waals surface area contributed by atoms with E-state index in [0.717, 1.165) is 22.2 Å². The SMILES string of the molecule is O=C(O)c1ccc(-c2cccc3c2[nH]c2ccccc23)cc1. The summed E-state index contributed by atoms with van der Waals surface area (Å²) in [7, 11) is 0. The minimum atomic E-state index is -0.907. The van der Waals surface area contributed by atoms with Crippen LogP contribution in [-0.4, -0.2) is 16.1 Å². The van der Waals surface area contributed by atoms with Crippen molar-refractivity contribution in [2.45, 2.75) is 0 Å². The Morgan fingerprint density at radius 2 is 1.55 bits per heavy atom. The van der Waals surface area contributed by atoms with Gasteiger partial charge in [0.25, 0.3) is 0 Å². The molecule has 0 bridgehead atoms. The van der Waals surface area contributed by atoms with Gasteiger partial charge < -0.3 is 10.1 Å². The lowest BCUT2D eigenvalue weighted by molar-refractivity contribution is 0.0697. The lowest BCUT2D eigenvalue weighted by atomic mass is 10.0. The largest absolute Gasteiger partial charge is 0.478 e. The zero-order valence-electron chi connectivity index (χ0n) is 11.7. The standard InChI is InChI=1S/C19H13NO2/c21-19(22)13-10-8-12(9-11-13)14-5-3-6-16-15-4-1-2-7-17(15)20-18(14)16/h1-11,20H,(H,21,22). The summed E-state index contributed by atoms with van der Waals surface area (Å²) in [6, 6.07) is 21.4. The van der Waals surface area contributed by atoms with E-state index < -0.39 is 5.97 Å². The normalized spacial score (nSPS) is 11.1. The number of para-hydroxylation sites is 2. The van der Waals surface area contributed by atoms with Crippen molar-refractivity contribution in [1.82, 2.24) is 4.98 Å². The van der Waals surface area contributed by atoms with Crippen molar-refractivity contribution in [2.24, 2.45) is 0 Å². The number of H-pyrrole nitrogens is 1. The van der Waals surface area contributed by atoms with Crippen LogP contribution in [0.2, 0.25) is 0 Å². The highest BCUT2D eigenvalue weighted by Crippen LogP contribution is 2.33. The Morgan fingerprint density at radius 3 is 2.32 bits per heavy atom. The highest BCUT2D eigenvalue weighted by Gasteiger charge is 2.10. The summed E-state index contributed by atoms with van der Waals surface area (Å²) >= 11 is 0. The number of carboxylic acids is 1. The molecule has 0 atom stereocenters. The number of fused-ring (bicyclic) bond motifs is 3. The first kappa shape index (κ1) is 12.7. The predicted molar refractivity (Wildman–Crippen MR) is 88.2 cm³/mol. The first-order valence-corrected chi connectivity index (χ1v) is 7.07. The fourth-order valence-corrected chi connectivity index (χ4v) is 2.91. The summed E-state index contributed by atoms with van der Waals surface area (Å²) in [6.07, 6.45) is 0. The number of aromatic carboxylic acids is 1. The Labute approximate surface area is 126 Å². The second kappa shape index (κ2) is 4.74. The molecule has 0 saturated carbocycles. The summed E-state index contributed by atoms with van der Waals surface area (Å²) in [5, 5.41) is 11.4. The first-order chi connectivity index (χ1) is 10.7. The molecule has 1 heterocycles. The number of rotatable bonds is 2. The Kier molecular flexibility index (Phi) is 2.73. The topological polar surface area (TPSA) is 53.1 Å². The van der Waals surface area contributed by atoms with Gasteiger partial charge in [0.05, 0.1) is 11.1 Å². The zero-order chi connectivity index (χ0) is 15.1. The van der Waals surface area contributed by atoms with Gasteiger partial charge in [-0.15, -0.1) is 0 Å². The molecule has 0 spiro atoms. The molecule has 0 radical (unpaired) electrons. The molecule has 0 amide bonds. The van der Waals surface area contributed by atoms with Crippen molar-refractivity contribution in [3.05, 3.63) is 72.3 Å². The molecule has 106 valence electrons. The highest BCUT2D eigenvalue weighted by molar-refractivity contribution is 6.11. The summed E-state index contributed by atoms with van der Waals surface area (Å²) < 4.78 is 0. The molecular formula is C19H13NO2. The molecule has 4 rings (SSSR count). The van der Waals surface area contributed by atoms with E-state index in [9.17, 15) is 4.79 Å². The minimum absolute atomic E-state index is 0.299. The van der Waals surface area contributed by atoms with E-state index in [-0.39, 0.29) is 0 Å². The molecule has 0 saturated heterocycles. The summed E-state index contributed by atoms with van der Waals surface area (Å²) in [4.78, 5) is 14.4. The van der Waals surface area contributed by atoms with Crippen molar-refractivity contribution in [2.75, 3.05) is 0 Å². The maximum Gasteiger partial charge on any atom is 0.335 e. The Balaban J connectivity index is 1.96. The van der Waals surface area contributed by atoms with Gasteiger partial charge in [-0.05, 0) is 23.8 Å². The fourth-order valence-electron chi connectivity index (χ4n) is 2.91. The third-order valence-electron chi connectivity index (χ3n) is 3.98. The van der Waals surface area contributed by atoms with Crippen LogP contribution in [-0.2, 0) is 0 Å². The fraction of sp³-hybridized carbons (Fsp3) is 0. The van der Waals surface area contributed by atoms with Gasteiger partial charge in [0, 0.05) is 21.9 Å². The smallest absolute Gasteiger partial charge is 0.335 e. The third kappa shape index (κ3) is 1.87. The van der Waals surface area contributed by atoms with Crippen LogP contribution in [0.3, 0.4) is 0 Å². The second-order valence-corrected chi connectivity index (χ2v) is 5.28. The van der Waals surface area contributed by atoms with Crippen molar-refractivity contribution in [1.29, 1.82) is 0 Å². The summed E-state index contributed by atoms with van der Waals surface area (Å²) in [6.45, 7) is 0. The quantitative estimate of drug-likeness (QED) is 0.562. The van der Waals surface area contributed by atoms with E-state index in [1.54, 1.807) is 12.1 Å². The van der Waals surface area contributed by atoms with Crippen LogP contribution in [0.5, 0.6) is 0 Å². The molecule has 22 heavy (non-hydrogen) atoms. The third-order valence-corrected chi connectivity index (χ3v) is 3.98. The number of carboxylic acid groups (broad SMARTS) is 1. The van der Waals surface area contributed by atoms with Crippen LogP contribution in [0.25, 0.3) is 32.9 Å². The van der Waals surface area contributed by atoms with Gasteiger partial charge in [0.1, 0.15) is 0 Å². The second-order valence-electron chi connectivity index (χ2n) is 5.28. The van der Waals surface area contributed by atoms with Gasteiger partial charge in [-0.2, -0.15) is 0 Å². The molecule has 3 aromatic carbocycles. The lowest BCUT2D eigenvalue weighted by Crippen LogP contribution is -1.95. The van der Waals surface area contributed by atoms with Gasteiger partial charge in [0.2, 0.25) is 0 Å². The van der Waals surface area contributed by atoms with Crippen LogP contribution in [0.1, 0.15) is 10.4 Å². The number of carbonyl (C=O) groups is 1. The van der Waals surface area contributed by atoms with Gasteiger partial charge in [-0.3, -0.25) is 0 Å². The molecule has 0 unspecified atom stereocenters. The van der Waals surface area contributed by atoms with E-state index >= 15 is 0 Å². The molecule has 0 aliphatic rings. The predicted octanol–water partition coefficient (Wildman–Crippen LogP) is 4.69. The van der Waals surface area contributed by atoms with Crippen molar-refractivity contribution in [3.8, 4) is 11.1 Å². The molecule has 3 nitrogen and oxygen atoms in total. The van der Waals surface area contributed by atoms with Crippen molar-refractivity contribution in [3.63, 3.8) is 0 Å². The molecule has 0 aliphatic carbocycles. The van der Waals surface area contributed by atoms with Gasteiger partial charge in [-0.1, -0.05) is 48.5 Å². The summed E-state index contributed by atoms with van der Waals surface area (Å²) in [5.41, 5.74) is 4.55. The number of hydrogen-bond acceptors (Lipinski definition) is 1. The number of benzene rings is 3. The van der Waals surface area contributed by atoms with E-state index in [1.807, 2.05) is 36.4 Å². The summed E-state index contributed by atoms with van der Waals surface area (Å²) in [5.74, 6) is -0.907. The monoisotopic (exact) mass is 287 g/mol. The van der Waals surface area contributed by atoms with E-state index in [2.05, 4.69) is 23.2 Å². The number of hydrogen-bond donors (Lipinski definition) is 2. The Morgan fingerprint density at radius 1 is 0.818 bits per heavy atom. The molecule has 0 fully saturated rings. The van der Waals surface area contributed by atoms with E-state index in [1.165, 1.54) is 10.8 Å². The van der Waals surface area contributed by atoms with Crippen LogP contribution in [0.4, 0.5) is 0 Å². The first-order valence-electron chi connectivity index (χ1n) is 7.07. The average molecular weight is 287 g/mol. The molecule has 4 aromatic rings. The van der Waals surface area contributed by atoms with Crippen LogP contribution in [0.15, 0.2) is 66.7 Å². The molecule has 3 heteroatoms. The maximum atomic E-state index is 11.0. The van der Waals surface area contributed by atoms with Gasteiger partial charge in [0.15, 0.2) is 0 Å². The lowest BCUT2D eigenvalue weighted by Gasteiger charge is -2.04. The number of aromatic amines is 1. The van der Waals surface area contributed by atoms with Crippen molar-refractivity contribution >= 4 is 27.8 Å². The van der Waals surface area contributed by atoms with Crippen LogP contribution < -0.4 is 0 Å². The average Bonchev–Trinajstić information content (AvgIpc) is 2.93. The Hall–Kier alpha value is -3.07. The van der Waals surface area contributed by atoms with E-state index in [4.69, 9.17) is 5.11 Å². The van der Waals surface area contributed by atoms with Crippen LogP contribution >= 0.6 is 0 Å². The molecular weight excluding hydrogens is 274 g/mol. The van der Waals surface area contributed by atoms with Gasteiger partial charge >= 0.3 is 5.97 Å². The van der Waals surface area contributed by atoms with E-state index in [0.29, 0.717) is 5.56 Å². The molecule has 1 aromatic heterocycles. The van der Waals surface area contributed by atoms with Crippen molar-refractivity contribution < 1.29 is 9.90 Å². The van der Waals surface area contributed by atoms with Gasteiger partial charge in [-0.25, -0.2) is 4.79 Å². The highest BCUT2D eigenvalue weighted by atomic mass is 16.4.